The van der Waals surface area contributed by atoms with E-state index >= 15 is 0 Å². The molecule has 1 aliphatic carbocycles. The highest BCUT2D eigenvalue weighted by atomic mass is 32.1. The van der Waals surface area contributed by atoms with E-state index in [2.05, 4.69) is 28.8 Å². The second kappa shape index (κ2) is 11.2. The number of piperidine rings is 1. The number of aliphatic hydroxyl groups is 1. The number of nitrogens with zero attached hydrogens (tertiary/aromatic N) is 3. The minimum absolute atomic E-state index is 0.258. The molecule has 1 atom stereocenters. The van der Waals surface area contributed by atoms with Gasteiger partial charge in [0.1, 0.15) is 12.2 Å². The van der Waals surface area contributed by atoms with E-state index in [9.17, 15) is 5.11 Å². The summed E-state index contributed by atoms with van der Waals surface area (Å²) in [6.07, 6.45) is 10.5. The summed E-state index contributed by atoms with van der Waals surface area (Å²) in [6, 6.07) is 9.89. The Balaban J connectivity index is 1.25. The Kier molecular flexibility index (Phi) is 7.80. The monoisotopic (exact) mass is 516 g/mol. The highest BCUT2D eigenvalue weighted by molar-refractivity contribution is 7.15. The molecule has 1 unspecified atom stereocenters. The molecular weight excluding hydrogens is 480 g/mol. The molecule has 1 aromatic carbocycles. The zero-order valence-electron chi connectivity index (χ0n) is 21.7. The Labute approximate surface area is 223 Å². The third-order valence-corrected chi connectivity index (χ3v) is 8.90. The van der Waals surface area contributed by atoms with Gasteiger partial charge in [-0.05, 0) is 82.4 Å². The van der Waals surface area contributed by atoms with Crippen LogP contribution in [0.3, 0.4) is 0 Å². The Bertz CT molecular complexity index is 1280. The van der Waals surface area contributed by atoms with Crippen LogP contribution in [-0.2, 0) is 6.61 Å². The van der Waals surface area contributed by atoms with E-state index in [1.54, 1.807) is 17.5 Å². The number of nitrogen functional groups attached to an aromatic ring is 1. The number of aromatic nitrogens is 2. The lowest BCUT2D eigenvalue weighted by molar-refractivity contribution is 0.0589. The summed E-state index contributed by atoms with van der Waals surface area (Å²) < 4.78 is 6.10. The summed E-state index contributed by atoms with van der Waals surface area (Å²) in [6.45, 7) is 4.43. The van der Waals surface area contributed by atoms with E-state index < -0.39 is 5.60 Å². The molecule has 6 nitrogen and oxygen atoms in total. The zero-order valence-corrected chi connectivity index (χ0v) is 22.6. The number of thiazole rings is 1. The van der Waals surface area contributed by atoms with Crippen molar-refractivity contribution in [3.63, 3.8) is 0 Å². The average Bonchev–Trinajstić information content (AvgIpc) is 3.61. The van der Waals surface area contributed by atoms with Crippen LogP contribution >= 0.6 is 11.3 Å². The predicted octanol–water partition coefficient (Wildman–Crippen LogP) is 5.47. The molecule has 0 amide bonds. The third kappa shape index (κ3) is 6.32. The van der Waals surface area contributed by atoms with Gasteiger partial charge in [-0.25, -0.2) is 9.97 Å². The molecule has 3 N–H and O–H groups in total. The van der Waals surface area contributed by atoms with Gasteiger partial charge in [-0.1, -0.05) is 36.8 Å². The van der Waals surface area contributed by atoms with E-state index in [1.165, 1.54) is 17.8 Å². The van der Waals surface area contributed by atoms with Crippen molar-refractivity contribution >= 4 is 17.2 Å². The van der Waals surface area contributed by atoms with Crippen molar-refractivity contribution in [3.8, 4) is 28.0 Å². The summed E-state index contributed by atoms with van der Waals surface area (Å²) in [7, 11) is 2.18. The van der Waals surface area contributed by atoms with Gasteiger partial charge >= 0.3 is 0 Å². The molecule has 1 aliphatic heterocycles. The summed E-state index contributed by atoms with van der Waals surface area (Å²) >= 11 is 1.74. The van der Waals surface area contributed by atoms with Crippen molar-refractivity contribution in [3.05, 3.63) is 58.9 Å². The van der Waals surface area contributed by atoms with Gasteiger partial charge < -0.3 is 20.5 Å². The molecule has 2 fully saturated rings. The number of rotatable bonds is 6. The number of ether oxygens (including phenoxy) is 1. The van der Waals surface area contributed by atoms with Crippen molar-refractivity contribution in [2.45, 2.75) is 63.6 Å². The van der Waals surface area contributed by atoms with Gasteiger partial charge in [0.15, 0.2) is 11.6 Å². The molecule has 3 aromatic rings. The minimum Gasteiger partial charge on any atom is -0.485 e. The quantitative estimate of drug-likeness (QED) is 0.423. The average molecular weight is 517 g/mol. The van der Waals surface area contributed by atoms with Crippen molar-refractivity contribution in [2.75, 3.05) is 25.9 Å². The Morgan fingerprint density at radius 3 is 2.70 bits per heavy atom. The summed E-state index contributed by atoms with van der Waals surface area (Å²) in [5.41, 5.74) is 8.02. The molecule has 0 bridgehead atoms. The van der Waals surface area contributed by atoms with E-state index in [4.69, 9.17) is 15.5 Å². The predicted molar refractivity (Wildman–Crippen MR) is 149 cm³/mol. The standard InChI is InChI=1S/C30H36N4O2S/c1-30(35,25-8-3-4-9-25)13-10-21-6-5-7-22(16-21)20-36-26-17-24(18-32-28(26)31)27-19-33-29(37-27)23-11-14-34(2)15-12-23/h5-7,16-19,23,25,35H,3-4,8-9,11-12,14-15,20H2,1-2H3,(H2,31,32). The zero-order chi connectivity index (χ0) is 25.8. The van der Waals surface area contributed by atoms with E-state index in [-0.39, 0.29) is 5.92 Å². The molecule has 1 saturated heterocycles. The van der Waals surface area contributed by atoms with Gasteiger partial charge in [0.25, 0.3) is 0 Å². The Morgan fingerprint density at radius 2 is 1.92 bits per heavy atom. The second-order valence-electron chi connectivity index (χ2n) is 10.6. The first-order valence-electron chi connectivity index (χ1n) is 13.2. The van der Waals surface area contributed by atoms with E-state index in [1.807, 2.05) is 43.5 Å². The Morgan fingerprint density at radius 1 is 1.14 bits per heavy atom. The lowest BCUT2D eigenvalue weighted by Gasteiger charge is -2.27. The van der Waals surface area contributed by atoms with Gasteiger partial charge in [0.05, 0.1) is 9.88 Å². The second-order valence-corrected chi connectivity index (χ2v) is 11.7. The van der Waals surface area contributed by atoms with Crippen molar-refractivity contribution in [2.24, 2.45) is 5.92 Å². The molecule has 2 aromatic heterocycles. The van der Waals surface area contributed by atoms with E-state index in [0.717, 1.165) is 60.3 Å². The third-order valence-electron chi connectivity index (χ3n) is 7.69. The number of hydrogen-bond acceptors (Lipinski definition) is 7. The van der Waals surface area contributed by atoms with Crippen LogP contribution in [0.2, 0.25) is 0 Å². The lowest BCUT2D eigenvalue weighted by Crippen LogP contribution is -2.30. The first-order chi connectivity index (χ1) is 17.9. The molecule has 0 spiro atoms. The van der Waals surface area contributed by atoms with Crippen molar-refractivity contribution in [1.82, 2.24) is 14.9 Å². The molecule has 2 aliphatic rings. The lowest BCUT2D eigenvalue weighted by atomic mass is 9.88. The van der Waals surface area contributed by atoms with Crippen LogP contribution in [0.5, 0.6) is 5.75 Å². The van der Waals surface area contributed by atoms with Gasteiger partial charge in [-0.3, -0.25) is 0 Å². The summed E-state index contributed by atoms with van der Waals surface area (Å²) in [4.78, 5) is 12.6. The van der Waals surface area contributed by atoms with Gasteiger partial charge in [-0.15, -0.1) is 11.3 Å². The molecular formula is C30H36N4O2S. The number of anilines is 1. The molecule has 37 heavy (non-hydrogen) atoms. The summed E-state index contributed by atoms with van der Waals surface area (Å²) in [5.74, 6) is 8.00. The van der Waals surface area contributed by atoms with Gasteiger partial charge in [-0.2, -0.15) is 0 Å². The molecule has 194 valence electrons. The van der Waals surface area contributed by atoms with Crippen molar-refractivity contribution < 1.29 is 9.84 Å². The fraction of sp³-hybridized carbons (Fsp3) is 0.467. The molecule has 3 heterocycles. The van der Waals surface area contributed by atoms with Crippen molar-refractivity contribution in [1.29, 1.82) is 0 Å². The maximum atomic E-state index is 10.8. The van der Waals surface area contributed by atoms with Crippen LogP contribution in [0.1, 0.15) is 67.5 Å². The van der Waals surface area contributed by atoms with Crippen LogP contribution < -0.4 is 10.5 Å². The number of hydrogen-bond donors (Lipinski definition) is 2. The van der Waals surface area contributed by atoms with Crippen LogP contribution in [0, 0.1) is 17.8 Å². The van der Waals surface area contributed by atoms with Crippen LogP contribution in [-0.4, -0.2) is 45.7 Å². The highest BCUT2D eigenvalue weighted by Gasteiger charge is 2.32. The van der Waals surface area contributed by atoms with Crippen LogP contribution in [0.25, 0.3) is 10.4 Å². The number of benzene rings is 1. The normalized spacial score (nSPS) is 18.8. The molecule has 5 rings (SSSR count). The first kappa shape index (κ1) is 25.7. The topological polar surface area (TPSA) is 84.5 Å². The van der Waals surface area contributed by atoms with Crippen LogP contribution in [0.15, 0.2) is 42.7 Å². The SMILES string of the molecule is CN1CCC(c2ncc(-c3cnc(N)c(OCc4cccc(C#CC(C)(O)C5CCCC5)c4)c3)s2)CC1. The molecule has 7 heteroatoms. The number of likely N-dealkylation sites (tertiary alicyclic amines) is 1. The fourth-order valence-corrected chi connectivity index (χ4v) is 6.33. The minimum atomic E-state index is -0.951. The van der Waals surface area contributed by atoms with Crippen LogP contribution in [0.4, 0.5) is 5.82 Å². The Hall–Kier alpha value is -2.92. The molecule has 1 saturated carbocycles. The summed E-state index contributed by atoms with van der Waals surface area (Å²) in [5, 5.41) is 12.0. The first-order valence-corrected chi connectivity index (χ1v) is 14.1. The highest BCUT2D eigenvalue weighted by Crippen LogP contribution is 2.36. The number of pyridine rings is 1. The maximum Gasteiger partial charge on any atom is 0.166 e. The molecule has 0 radical (unpaired) electrons. The number of nitrogens with two attached hydrogens (primary N) is 1. The van der Waals surface area contributed by atoms with Gasteiger partial charge in [0, 0.05) is 29.4 Å². The largest absolute Gasteiger partial charge is 0.485 e. The van der Waals surface area contributed by atoms with Gasteiger partial charge in [0.2, 0.25) is 0 Å². The van der Waals surface area contributed by atoms with E-state index in [0.29, 0.717) is 24.1 Å². The fourth-order valence-electron chi connectivity index (χ4n) is 5.26. The smallest absolute Gasteiger partial charge is 0.166 e. The maximum absolute atomic E-state index is 10.8.